The molecule has 1 amide bonds. The zero-order valence-electron chi connectivity index (χ0n) is 12.4. The van der Waals surface area contributed by atoms with E-state index in [1.165, 1.54) is 7.11 Å². The first-order valence-electron chi connectivity index (χ1n) is 6.98. The molecule has 0 bridgehead atoms. The molecule has 23 heavy (non-hydrogen) atoms. The van der Waals surface area contributed by atoms with Gasteiger partial charge in [-0.05, 0) is 35.9 Å². The first-order chi connectivity index (χ1) is 11.1. The number of nitrogens with zero attached hydrogens (tertiary/aromatic N) is 1. The highest BCUT2D eigenvalue weighted by molar-refractivity contribution is 9.10. The fourth-order valence-electron chi connectivity index (χ4n) is 2.48. The molecule has 1 saturated heterocycles. The summed E-state index contributed by atoms with van der Waals surface area (Å²) in [5, 5.41) is -0.0814. The lowest BCUT2D eigenvalue weighted by Crippen LogP contribution is -2.28. The molecular weight excluding hydrogens is 378 g/mol. The number of amides is 1. The zero-order chi connectivity index (χ0) is 16.4. The van der Waals surface area contributed by atoms with E-state index in [4.69, 9.17) is 4.74 Å². The molecule has 0 saturated carbocycles. The number of anilines is 1. The summed E-state index contributed by atoms with van der Waals surface area (Å²) >= 11 is 5.14. The van der Waals surface area contributed by atoms with Crippen LogP contribution >= 0.6 is 27.7 Å². The predicted octanol–water partition coefficient (Wildman–Crippen LogP) is 4.01. The highest BCUT2D eigenvalue weighted by Gasteiger charge is 2.34. The number of carbonyl (C=O) groups excluding carboxylic acids is 2. The minimum atomic E-state index is -0.388. The van der Waals surface area contributed by atoms with E-state index in [-0.39, 0.29) is 17.3 Å². The Kier molecular flexibility index (Phi) is 4.73. The van der Waals surface area contributed by atoms with Gasteiger partial charge in [-0.3, -0.25) is 9.69 Å². The standard InChI is InChI=1S/C17H14BrNO3S/c1-22-17(21)11-6-8-12(9-7-11)19-15(20)10-23-16(19)13-4-2-3-5-14(13)18/h2-9,16H,10H2,1H3/t16-/m1/s1. The second-order valence-electron chi connectivity index (χ2n) is 4.99. The third-order valence-electron chi connectivity index (χ3n) is 3.61. The largest absolute Gasteiger partial charge is 0.465 e. The van der Waals surface area contributed by atoms with Gasteiger partial charge in [-0.25, -0.2) is 4.79 Å². The molecule has 118 valence electrons. The van der Waals surface area contributed by atoms with Crippen LogP contribution < -0.4 is 4.90 Å². The highest BCUT2D eigenvalue weighted by Crippen LogP contribution is 2.43. The summed E-state index contributed by atoms with van der Waals surface area (Å²) < 4.78 is 5.67. The quantitative estimate of drug-likeness (QED) is 0.741. The topological polar surface area (TPSA) is 46.6 Å². The normalized spacial score (nSPS) is 17.4. The Balaban J connectivity index is 1.94. The van der Waals surface area contributed by atoms with Crippen molar-refractivity contribution in [3.63, 3.8) is 0 Å². The number of methoxy groups -OCH3 is 1. The van der Waals surface area contributed by atoms with E-state index in [1.807, 2.05) is 24.3 Å². The van der Waals surface area contributed by atoms with Crippen LogP contribution in [0.15, 0.2) is 53.0 Å². The molecule has 1 aliphatic heterocycles. The Morgan fingerprint density at radius 3 is 2.57 bits per heavy atom. The van der Waals surface area contributed by atoms with Crippen molar-refractivity contribution in [2.24, 2.45) is 0 Å². The molecule has 2 aromatic carbocycles. The Bertz CT molecular complexity index is 748. The molecule has 1 heterocycles. The molecule has 1 atom stereocenters. The van der Waals surface area contributed by atoms with E-state index >= 15 is 0 Å². The van der Waals surface area contributed by atoms with E-state index in [0.717, 1.165) is 15.7 Å². The zero-order valence-corrected chi connectivity index (χ0v) is 14.8. The molecule has 0 radical (unpaired) electrons. The molecular formula is C17H14BrNO3S. The number of halogens is 1. The highest BCUT2D eigenvalue weighted by atomic mass is 79.9. The van der Waals surface area contributed by atoms with Crippen LogP contribution in [-0.2, 0) is 9.53 Å². The molecule has 0 aliphatic carbocycles. The molecule has 3 rings (SSSR count). The van der Waals surface area contributed by atoms with Crippen LogP contribution in [0.1, 0.15) is 21.3 Å². The number of hydrogen-bond donors (Lipinski definition) is 0. The van der Waals surface area contributed by atoms with Crippen molar-refractivity contribution in [2.75, 3.05) is 17.8 Å². The Hall–Kier alpha value is -1.79. The van der Waals surface area contributed by atoms with E-state index in [1.54, 1.807) is 40.9 Å². The molecule has 1 aliphatic rings. The van der Waals surface area contributed by atoms with Crippen molar-refractivity contribution in [1.29, 1.82) is 0 Å². The molecule has 2 aromatic rings. The number of hydrogen-bond acceptors (Lipinski definition) is 4. The van der Waals surface area contributed by atoms with Gasteiger partial charge in [-0.2, -0.15) is 0 Å². The maximum atomic E-state index is 12.3. The second kappa shape index (κ2) is 6.76. The summed E-state index contributed by atoms with van der Waals surface area (Å²) in [6.45, 7) is 0. The fraction of sp³-hybridized carbons (Fsp3) is 0.176. The van der Waals surface area contributed by atoms with Gasteiger partial charge in [-0.15, -0.1) is 11.8 Å². The smallest absolute Gasteiger partial charge is 0.337 e. The average molecular weight is 392 g/mol. The van der Waals surface area contributed by atoms with Crippen LogP contribution in [0.5, 0.6) is 0 Å². The average Bonchev–Trinajstić information content (AvgIpc) is 2.96. The molecule has 0 N–H and O–H groups in total. The van der Waals surface area contributed by atoms with Gasteiger partial charge in [-0.1, -0.05) is 34.1 Å². The van der Waals surface area contributed by atoms with Crippen LogP contribution in [0.2, 0.25) is 0 Å². The van der Waals surface area contributed by atoms with Gasteiger partial charge in [0, 0.05) is 10.2 Å². The van der Waals surface area contributed by atoms with Crippen LogP contribution in [0, 0.1) is 0 Å². The van der Waals surface area contributed by atoms with Crippen molar-refractivity contribution in [1.82, 2.24) is 0 Å². The SMILES string of the molecule is COC(=O)c1ccc(N2C(=O)CS[C@@H]2c2ccccc2Br)cc1. The molecule has 1 fully saturated rings. The van der Waals surface area contributed by atoms with E-state index in [2.05, 4.69) is 15.9 Å². The van der Waals surface area contributed by atoms with Gasteiger partial charge in [0.15, 0.2) is 0 Å². The minimum Gasteiger partial charge on any atom is -0.465 e. The lowest BCUT2D eigenvalue weighted by molar-refractivity contribution is -0.115. The Labute approximate surface area is 146 Å². The first-order valence-corrected chi connectivity index (χ1v) is 8.82. The van der Waals surface area contributed by atoms with Gasteiger partial charge < -0.3 is 4.74 Å². The third kappa shape index (κ3) is 3.14. The van der Waals surface area contributed by atoms with Crippen LogP contribution in [0.4, 0.5) is 5.69 Å². The lowest BCUT2D eigenvalue weighted by atomic mass is 10.1. The van der Waals surface area contributed by atoms with Crippen LogP contribution in [-0.4, -0.2) is 24.7 Å². The van der Waals surface area contributed by atoms with Crippen LogP contribution in [0.25, 0.3) is 0 Å². The van der Waals surface area contributed by atoms with Crippen molar-refractivity contribution in [2.45, 2.75) is 5.37 Å². The molecule has 0 aromatic heterocycles. The first kappa shape index (κ1) is 16.1. The van der Waals surface area contributed by atoms with Crippen molar-refractivity contribution >= 4 is 45.3 Å². The van der Waals surface area contributed by atoms with Crippen molar-refractivity contribution in [3.05, 3.63) is 64.1 Å². The number of carbonyl (C=O) groups is 2. The summed E-state index contributed by atoms with van der Waals surface area (Å²) in [4.78, 5) is 25.6. The summed E-state index contributed by atoms with van der Waals surface area (Å²) in [7, 11) is 1.35. The molecule has 0 spiro atoms. The molecule has 4 nitrogen and oxygen atoms in total. The summed E-state index contributed by atoms with van der Waals surface area (Å²) in [6, 6.07) is 14.8. The van der Waals surface area contributed by atoms with Crippen LogP contribution in [0.3, 0.4) is 0 Å². The minimum absolute atomic E-state index is 0.0570. The van der Waals surface area contributed by atoms with Gasteiger partial charge in [0.25, 0.3) is 0 Å². The van der Waals surface area contributed by atoms with E-state index in [9.17, 15) is 9.59 Å². The predicted molar refractivity (Wildman–Crippen MR) is 94.6 cm³/mol. The maximum Gasteiger partial charge on any atom is 0.337 e. The van der Waals surface area contributed by atoms with Gasteiger partial charge in [0.05, 0.1) is 18.4 Å². The van der Waals surface area contributed by atoms with Gasteiger partial charge in [0.2, 0.25) is 5.91 Å². The summed E-state index contributed by atoms with van der Waals surface area (Å²) in [6.07, 6.45) is 0. The number of rotatable bonds is 3. The maximum absolute atomic E-state index is 12.3. The number of thioether (sulfide) groups is 1. The fourth-order valence-corrected chi connectivity index (χ4v) is 4.35. The number of esters is 1. The lowest BCUT2D eigenvalue weighted by Gasteiger charge is -2.25. The second-order valence-corrected chi connectivity index (χ2v) is 6.91. The van der Waals surface area contributed by atoms with Gasteiger partial charge in [0.1, 0.15) is 5.37 Å². The summed E-state index contributed by atoms with van der Waals surface area (Å²) in [5.74, 6) is 0.104. The molecule has 0 unspecified atom stereocenters. The van der Waals surface area contributed by atoms with Crippen molar-refractivity contribution < 1.29 is 14.3 Å². The van der Waals surface area contributed by atoms with Crippen molar-refractivity contribution in [3.8, 4) is 0 Å². The van der Waals surface area contributed by atoms with E-state index in [0.29, 0.717) is 11.3 Å². The third-order valence-corrected chi connectivity index (χ3v) is 5.52. The molecule has 6 heteroatoms. The van der Waals surface area contributed by atoms with E-state index < -0.39 is 0 Å². The monoisotopic (exact) mass is 391 g/mol. The number of benzene rings is 2. The Morgan fingerprint density at radius 1 is 1.22 bits per heavy atom. The number of ether oxygens (including phenoxy) is 1. The summed E-state index contributed by atoms with van der Waals surface area (Å²) in [5.41, 5.74) is 2.29. The van der Waals surface area contributed by atoms with Gasteiger partial charge >= 0.3 is 5.97 Å². The Morgan fingerprint density at radius 2 is 1.91 bits per heavy atom.